The van der Waals surface area contributed by atoms with Crippen LogP contribution in [0.1, 0.15) is 65.2 Å². The van der Waals surface area contributed by atoms with E-state index in [9.17, 15) is 4.79 Å². The van der Waals surface area contributed by atoms with Gasteiger partial charge in [-0.1, -0.05) is 46.0 Å². The van der Waals surface area contributed by atoms with Crippen molar-refractivity contribution in [1.29, 1.82) is 0 Å². The summed E-state index contributed by atoms with van der Waals surface area (Å²) in [4.78, 5) is 10.7. The molecule has 0 aromatic heterocycles. The summed E-state index contributed by atoms with van der Waals surface area (Å²) < 4.78 is 5.62. The first-order valence-electron chi connectivity index (χ1n) is 6.54. The van der Waals surface area contributed by atoms with E-state index >= 15 is 0 Å². The molecule has 0 radical (unpaired) electrons. The first kappa shape index (κ1) is 15.4. The summed E-state index contributed by atoms with van der Waals surface area (Å²) in [6.07, 6.45) is 7.72. The van der Waals surface area contributed by atoms with Gasteiger partial charge in [-0.05, 0) is 12.8 Å². The second kappa shape index (κ2) is 10.9. The number of ether oxygens (including phenoxy) is 1. The zero-order valence-electron chi connectivity index (χ0n) is 10.7. The second-order valence-electron chi connectivity index (χ2n) is 4.29. The molecule has 3 heteroatoms. The maximum atomic E-state index is 10.7. The standard InChI is InChI=1S/C13H26O3/c1-3-5-7-9-12(11-13(14)15)16-10-8-6-4-2/h12H,3-11H2,1-2H3,(H,14,15). The van der Waals surface area contributed by atoms with E-state index in [2.05, 4.69) is 13.8 Å². The largest absolute Gasteiger partial charge is 0.481 e. The van der Waals surface area contributed by atoms with Crippen LogP contribution in [0.5, 0.6) is 0 Å². The molecular weight excluding hydrogens is 204 g/mol. The van der Waals surface area contributed by atoms with Gasteiger partial charge in [0.15, 0.2) is 0 Å². The zero-order chi connectivity index (χ0) is 12.2. The van der Waals surface area contributed by atoms with Gasteiger partial charge >= 0.3 is 5.97 Å². The number of rotatable bonds is 11. The van der Waals surface area contributed by atoms with Crippen molar-refractivity contribution >= 4 is 5.97 Å². The number of hydrogen-bond acceptors (Lipinski definition) is 2. The Balaban J connectivity index is 3.67. The summed E-state index contributed by atoms with van der Waals surface area (Å²) in [6, 6.07) is 0. The topological polar surface area (TPSA) is 46.5 Å². The van der Waals surface area contributed by atoms with Crippen LogP contribution in [-0.4, -0.2) is 23.8 Å². The average Bonchev–Trinajstić information content (AvgIpc) is 2.23. The first-order valence-corrected chi connectivity index (χ1v) is 6.54. The fourth-order valence-corrected chi connectivity index (χ4v) is 1.66. The second-order valence-corrected chi connectivity index (χ2v) is 4.29. The fourth-order valence-electron chi connectivity index (χ4n) is 1.66. The van der Waals surface area contributed by atoms with E-state index in [1.54, 1.807) is 0 Å². The van der Waals surface area contributed by atoms with Crippen molar-refractivity contribution in [3.05, 3.63) is 0 Å². The lowest BCUT2D eigenvalue weighted by Crippen LogP contribution is -2.18. The van der Waals surface area contributed by atoms with Crippen molar-refractivity contribution < 1.29 is 14.6 Å². The number of unbranched alkanes of at least 4 members (excludes halogenated alkanes) is 4. The van der Waals surface area contributed by atoms with E-state index in [0.717, 1.165) is 38.5 Å². The molecule has 3 nitrogen and oxygen atoms in total. The summed E-state index contributed by atoms with van der Waals surface area (Å²) >= 11 is 0. The van der Waals surface area contributed by atoms with E-state index < -0.39 is 5.97 Å². The SMILES string of the molecule is CCCCCOC(CCCCC)CC(=O)O. The molecule has 1 atom stereocenters. The highest BCUT2D eigenvalue weighted by Crippen LogP contribution is 2.11. The number of carboxylic acid groups (broad SMARTS) is 1. The van der Waals surface area contributed by atoms with Gasteiger partial charge in [-0.2, -0.15) is 0 Å². The van der Waals surface area contributed by atoms with E-state index in [4.69, 9.17) is 9.84 Å². The molecule has 0 saturated heterocycles. The predicted octanol–water partition coefficient (Wildman–Crippen LogP) is 3.62. The lowest BCUT2D eigenvalue weighted by Gasteiger charge is -2.15. The molecule has 1 unspecified atom stereocenters. The minimum Gasteiger partial charge on any atom is -0.481 e. The third-order valence-corrected chi connectivity index (χ3v) is 2.63. The van der Waals surface area contributed by atoms with Crippen LogP contribution in [0.2, 0.25) is 0 Å². The average molecular weight is 230 g/mol. The van der Waals surface area contributed by atoms with E-state index in [1.165, 1.54) is 6.42 Å². The summed E-state index contributed by atoms with van der Waals surface area (Å²) in [5.74, 6) is -0.753. The maximum absolute atomic E-state index is 10.7. The Bertz CT molecular complexity index is 169. The number of aliphatic carboxylic acids is 1. The molecule has 0 spiro atoms. The number of hydrogen-bond donors (Lipinski definition) is 1. The van der Waals surface area contributed by atoms with Gasteiger partial charge in [-0.3, -0.25) is 4.79 Å². The van der Waals surface area contributed by atoms with Gasteiger partial charge in [0.2, 0.25) is 0 Å². The Labute approximate surface area is 99.2 Å². The third-order valence-electron chi connectivity index (χ3n) is 2.63. The van der Waals surface area contributed by atoms with Gasteiger partial charge in [-0.25, -0.2) is 0 Å². The van der Waals surface area contributed by atoms with Crippen LogP contribution in [0, 0.1) is 0 Å². The Morgan fingerprint density at radius 2 is 1.75 bits per heavy atom. The molecule has 0 aliphatic heterocycles. The minimum absolute atomic E-state index is 0.0825. The van der Waals surface area contributed by atoms with E-state index in [0.29, 0.717) is 6.61 Å². The van der Waals surface area contributed by atoms with Crippen molar-refractivity contribution in [2.24, 2.45) is 0 Å². The van der Waals surface area contributed by atoms with Gasteiger partial charge in [0.05, 0.1) is 12.5 Å². The minimum atomic E-state index is -0.753. The van der Waals surface area contributed by atoms with Crippen molar-refractivity contribution in [2.75, 3.05) is 6.61 Å². The summed E-state index contributed by atoms with van der Waals surface area (Å²) in [5.41, 5.74) is 0. The Morgan fingerprint density at radius 3 is 2.31 bits per heavy atom. The van der Waals surface area contributed by atoms with Gasteiger partial charge in [-0.15, -0.1) is 0 Å². The molecule has 0 aromatic rings. The third kappa shape index (κ3) is 9.97. The van der Waals surface area contributed by atoms with Crippen LogP contribution in [0.3, 0.4) is 0 Å². The van der Waals surface area contributed by atoms with Crippen molar-refractivity contribution in [3.63, 3.8) is 0 Å². The lowest BCUT2D eigenvalue weighted by atomic mass is 10.1. The summed E-state index contributed by atoms with van der Waals surface area (Å²) in [7, 11) is 0. The molecule has 0 aliphatic carbocycles. The highest BCUT2D eigenvalue weighted by molar-refractivity contribution is 5.67. The molecular formula is C13H26O3. The van der Waals surface area contributed by atoms with Gasteiger partial charge in [0.25, 0.3) is 0 Å². The smallest absolute Gasteiger partial charge is 0.305 e. The van der Waals surface area contributed by atoms with Gasteiger partial charge in [0, 0.05) is 6.61 Å². The number of carbonyl (C=O) groups is 1. The molecule has 0 aliphatic rings. The molecule has 0 bridgehead atoms. The van der Waals surface area contributed by atoms with Crippen LogP contribution in [0.4, 0.5) is 0 Å². The van der Waals surface area contributed by atoms with Crippen LogP contribution in [-0.2, 0) is 9.53 Å². The van der Waals surface area contributed by atoms with Crippen LogP contribution in [0.25, 0.3) is 0 Å². The van der Waals surface area contributed by atoms with Crippen LogP contribution >= 0.6 is 0 Å². The molecule has 1 N–H and O–H groups in total. The quantitative estimate of drug-likeness (QED) is 0.551. The normalized spacial score (nSPS) is 12.6. The van der Waals surface area contributed by atoms with Crippen LogP contribution in [0.15, 0.2) is 0 Å². The van der Waals surface area contributed by atoms with Gasteiger partial charge < -0.3 is 9.84 Å². The Kier molecular flexibility index (Phi) is 10.5. The van der Waals surface area contributed by atoms with Crippen LogP contribution < -0.4 is 0 Å². The molecule has 0 aromatic carbocycles. The van der Waals surface area contributed by atoms with Crippen molar-refractivity contribution in [1.82, 2.24) is 0 Å². The van der Waals surface area contributed by atoms with Gasteiger partial charge in [0.1, 0.15) is 0 Å². The number of carboxylic acids is 1. The molecule has 0 saturated carbocycles. The molecule has 0 heterocycles. The van der Waals surface area contributed by atoms with Crippen molar-refractivity contribution in [3.8, 4) is 0 Å². The molecule has 96 valence electrons. The molecule has 0 rings (SSSR count). The fraction of sp³-hybridized carbons (Fsp3) is 0.923. The van der Waals surface area contributed by atoms with E-state index in [1.807, 2.05) is 0 Å². The van der Waals surface area contributed by atoms with E-state index in [-0.39, 0.29) is 12.5 Å². The monoisotopic (exact) mass is 230 g/mol. The lowest BCUT2D eigenvalue weighted by molar-refractivity contribution is -0.140. The first-order chi connectivity index (χ1) is 7.70. The Morgan fingerprint density at radius 1 is 1.12 bits per heavy atom. The molecule has 0 amide bonds. The highest BCUT2D eigenvalue weighted by Gasteiger charge is 2.12. The summed E-state index contributed by atoms with van der Waals surface area (Å²) in [6.45, 7) is 5.00. The molecule has 16 heavy (non-hydrogen) atoms. The summed E-state index contributed by atoms with van der Waals surface area (Å²) in [5, 5.41) is 8.76. The Hall–Kier alpha value is -0.570. The highest BCUT2D eigenvalue weighted by atomic mass is 16.5. The molecule has 0 fully saturated rings. The van der Waals surface area contributed by atoms with Crippen molar-refractivity contribution in [2.45, 2.75) is 71.3 Å². The maximum Gasteiger partial charge on any atom is 0.305 e. The predicted molar refractivity (Wildman–Crippen MR) is 65.7 cm³/mol. The zero-order valence-corrected chi connectivity index (χ0v) is 10.7.